The second-order valence-corrected chi connectivity index (χ2v) is 9.40. The van der Waals surface area contributed by atoms with E-state index >= 15 is 0 Å². The van der Waals surface area contributed by atoms with Gasteiger partial charge in [0.15, 0.2) is 18.1 Å². The molecule has 1 heterocycles. The maximum Gasteiger partial charge on any atom is 0.293 e. The van der Waals surface area contributed by atoms with E-state index in [-0.39, 0.29) is 23.7 Å². The lowest BCUT2D eigenvalue weighted by atomic mass is 10.1. The maximum absolute atomic E-state index is 12.9. The van der Waals surface area contributed by atoms with Gasteiger partial charge in [-0.2, -0.15) is 0 Å². The molecule has 3 amide bonds. The Morgan fingerprint density at radius 3 is 2.46 bits per heavy atom. The van der Waals surface area contributed by atoms with Gasteiger partial charge >= 0.3 is 0 Å². The van der Waals surface area contributed by atoms with Gasteiger partial charge in [-0.25, -0.2) is 0 Å². The smallest absolute Gasteiger partial charge is 0.293 e. The molecular formula is C29H28N2O5S. The SMILES string of the molecule is CCOc1cc(/C=C2\SC(=O)N(CCc3ccccc3)C2=O)ccc1OCC(=O)Nc1ccc(C)cc1. The minimum Gasteiger partial charge on any atom is -0.490 e. The van der Waals surface area contributed by atoms with Crippen LogP contribution in [0.15, 0.2) is 77.7 Å². The predicted octanol–water partition coefficient (Wildman–Crippen LogP) is 5.69. The van der Waals surface area contributed by atoms with E-state index < -0.39 is 0 Å². The number of imide groups is 1. The summed E-state index contributed by atoms with van der Waals surface area (Å²) in [6.45, 7) is 4.36. The Morgan fingerprint density at radius 1 is 0.973 bits per heavy atom. The van der Waals surface area contributed by atoms with Crippen LogP contribution >= 0.6 is 11.8 Å². The quantitative estimate of drug-likeness (QED) is 0.349. The summed E-state index contributed by atoms with van der Waals surface area (Å²) in [4.78, 5) is 39.3. The van der Waals surface area contributed by atoms with Crippen LogP contribution in [0.3, 0.4) is 0 Å². The number of thioether (sulfide) groups is 1. The van der Waals surface area contributed by atoms with Crippen molar-refractivity contribution >= 4 is 40.6 Å². The number of nitrogens with one attached hydrogen (secondary N) is 1. The average Bonchev–Trinajstić information content (AvgIpc) is 3.16. The lowest BCUT2D eigenvalue weighted by Gasteiger charge is -2.13. The first-order valence-electron chi connectivity index (χ1n) is 12.0. The highest BCUT2D eigenvalue weighted by atomic mass is 32.2. The second-order valence-electron chi connectivity index (χ2n) is 8.41. The molecule has 0 atom stereocenters. The lowest BCUT2D eigenvalue weighted by Crippen LogP contribution is -2.30. The number of carbonyl (C=O) groups is 3. The number of hydrogen-bond donors (Lipinski definition) is 1. The number of anilines is 1. The van der Waals surface area contributed by atoms with Crippen LogP contribution in [-0.2, 0) is 16.0 Å². The van der Waals surface area contributed by atoms with Crippen molar-refractivity contribution in [1.82, 2.24) is 4.90 Å². The summed E-state index contributed by atoms with van der Waals surface area (Å²) in [5.74, 6) is 0.258. The van der Waals surface area contributed by atoms with Gasteiger partial charge in [0, 0.05) is 12.2 Å². The van der Waals surface area contributed by atoms with Crippen molar-refractivity contribution in [3.05, 3.63) is 94.4 Å². The van der Waals surface area contributed by atoms with Crippen LogP contribution in [0, 0.1) is 6.92 Å². The van der Waals surface area contributed by atoms with Crippen molar-refractivity contribution < 1.29 is 23.9 Å². The lowest BCUT2D eigenvalue weighted by molar-refractivity contribution is -0.122. The fourth-order valence-electron chi connectivity index (χ4n) is 3.71. The van der Waals surface area contributed by atoms with Gasteiger partial charge < -0.3 is 14.8 Å². The zero-order chi connectivity index (χ0) is 26.2. The van der Waals surface area contributed by atoms with E-state index in [1.165, 1.54) is 4.90 Å². The van der Waals surface area contributed by atoms with Crippen LogP contribution in [-0.4, -0.2) is 41.7 Å². The van der Waals surface area contributed by atoms with Crippen molar-refractivity contribution in [2.75, 3.05) is 25.1 Å². The normalized spacial score (nSPS) is 14.2. The van der Waals surface area contributed by atoms with Gasteiger partial charge in [0.25, 0.3) is 17.1 Å². The number of carbonyl (C=O) groups excluding carboxylic acids is 3. The molecule has 1 aliphatic rings. The first-order chi connectivity index (χ1) is 17.9. The Hall–Kier alpha value is -4.04. The van der Waals surface area contributed by atoms with Crippen molar-refractivity contribution in [3.63, 3.8) is 0 Å². The van der Waals surface area contributed by atoms with E-state index in [0.29, 0.717) is 47.2 Å². The summed E-state index contributed by atoms with van der Waals surface area (Å²) in [6.07, 6.45) is 2.27. The highest BCUT2D eigenvalue weighted by molar-refractivity contribution is 8.18. The van der Waals surface area contributed by atoms with Gasteiger partial charge in [0.1, 0.15) is 0 Å². The number of benzene rings is 3. The molecule has 7 nitrogen and oxygen atoms in total. The molecule has 0 aromatic heterocycles. The first kappa shape index (κ1) is 26.0. The summed E-state index contributed by atoms with van der Waals surface area (Å²) in [6, 6.07) is 22.4. The fourth-order valence-corrected chi connectivity index (χ4v) is 4.57. The number of amides is 3. The third-order valence-corrected chi connectivity index (χ3v) is 6.51. The highest BCUT2D eigenvalue weighted by Crippen LogP contribution is 2.35. The largest absolute Gasteiger partial charge is 0.490 e. The molecule has 8 heteroatoms. The Balaban J connectivity index is 1.40. The van der Waals surface area contributed by atoms with E-state index in [0.717, 1.165) is 22.9 Å². The monoisotopic (exact) mass is 516 g/mol. The van der Waals surface area contributed by atoms with Crippen LogP contribution in [0.25, 0.3) is 6.08 Å². The minimum absolute atomic E-state index is 0.187. The van der Waals surface area contributed by atoms with Gasteiger partial charge in [0.05, 0.1) is 11.5 Å². The van der Waals surface area contributed by atoms with Gasteiger partial charge in [0.2, 0.25) is 0 Å². The summed E-state index contributed by atoms with van der Waals surface area (Å²) in [5, 5.41) is 2.51. The Labute approximate surface area is 220 Å². The Kier molecular flexibility index (Phi) is 8.64. The van der Waals surface area contributed by atoms with Crippen molar-refractivity contribution in [1.29, 1.82) is 0 Å². The van der Waals surface area contributed by atoms with Gasteiger partial charge in [-0.15, -0.1) is 0 Å². The van der Waals surface area contributed by atoms with Gasteiger partial charge in [-0.3, -0.25) is 19.3 Å². The summed E-state index contributed by atoms with van der Waals surface area (Å²) in [7, 11) is 0. The van der Waals surface area contributed by atoms with E-state index in [1.54, 1.807) is 24.3 Å². The molecule has 37 heavy (non-hydrogen) atoms. The topological polar surface area (TPSA) is 84.9 Å². The predicted molar refractivity (Wildman–Crippen MR) is 146 cm³/mol. The molecule has 0 aliphatic carbocycles. The van der Waals surface area contributed by atoms with Crippen molar-refractivity contribution in [2.45, 2.75) is 20.3 Å². The highest BCUT2D eigenvalue weighted by Gasteiger charge is 2.34. The summed E-state index contributed by atoms with van der Waals surface area (Å²) < 4.78 is 11.4. The van der Waals surface area contributed by atoms with Crippen LogP contribution in [0.2, 0.25) is 0 Å². The molecule has 1 N–H and O–H groups in total. The van der Waals surface area contributed by atoms with Crippen LogP contribution in [0.5, 0.6) is 11.5 Å². The number of rotatable bonds is 10. The van der Waals surface area contributed by atoms with E-state index in [9.17, 15) is 14.4 Å². The van der Waals surface area contributed by atoms with Gasteiger partial charge in [-0.1, -0.05) is 54.1 Å². The number of hydrogen-bond acceptors (Lipinski definition) is 6. The van der Waals surface area contributed by atoms with Crippen LogP contribution in [0.4, 0.5) is 10.5 Å². The molecule has 1 fully saturated rings. The molecule has 190 valence electrons. The Bertz CT molecular complexity index is 1310. The zero-order valence-corrected chi connectivity index (χ0v) is 21.5. The molecule has 0 bridgehead atoms. The van der Waals surface area contributed by atoms with Crippen LogP contribution < -0.4 is 14.8 Å². The molecular weight excluding hydrogens is 488 g/mol. The van der Waals surface area contributed by atoms with E-state index in [1.807, 2.05) is 68.4 Å². The molecule has 0 unspecified atom stereocenters. The second kappa shape index (κ2) is 12.3. The van der Waals surface area contributed by atoms with Crippen molar-refractivity contribution in [3.8, 4) is 11.5 Å². The third-order valence-electron chi connectivity index (χ3n) is 5.60. The maximum atomic E-state index is 12.9. The molecule has 4 rings (SSSR count). The summed E-state index contributed by atoms with van der Waals surface area (Å²) in [5.41, 5.74) is 3.55. The molecule has 3 aromatic carbocycles. The third kappa shape index (κ3) is 7.01. The minimum atomic E-state index is -0.308. The zero-order valence-electron chi connectivity index (χ0n) is 20.7. The fraction of sp³-hybridized carbons (Fsp3) is 0.207. The molecule has 0 spiro atoms. The van der Waals surface area contributed by atoms with E-state index in [2.05, 4.69) is 5.32 Å². The Morgan fingerprint density at radius 2 is 1.73 bits per heavy atom. The first-order valence-corrected chi connectivity index (χ1v) is 12.8. The molecule has 0 radical (unpaired) electrons. The molecule has 1 aliphatic heterocycles. The number of nitrogens with zero attached hydrogens (tertiary/aromatic N) is 1. The number of ether oxygens (including phenoxy) is 2. The molecule has 1 saturated heterocycles. The summed E-state index contributed by atoms with van der Waals surface area (Å²) >= 11 is 0.925. The average molecular weight is 517 g/mol. The van der Waals surface area contributed by atoms with Gasteiger partial charge in [-0.05, 0) is 73.5 Å². The van der Waals surface area contributed by atoms with E-state index in [4.69, 9.17) is 9.47 Å². The molecule has 0 saturated carbocycles. The molecule has 3 aromatic rings. The van der Waals surface area contributed by atoms with Crippen LogP contribution in [0.1, 0.15) is 23.6 Å². The van der Waals surface area contributed by atoms with Crippen molar-refractivity contribution in [2.24, 2.45) is 0 Å². The standard InChI is InChI=1S/C29H28N2O5S/c1-3-35-25-17-22(11-14-24(25)36-19-27(32)30-23-12-9-20(2)10-13-23)18-26-28(33)31(29(34)37-26)16-15-21-7-5-4-6-8-21/h4-14,17-18H,3,15-16,19H2,1-2H3,(H,30,32)/b26-18-. The number of aryl methyl sites for hydroxylation is 1.